The number of aliphatic hydroxyl groups is 1. The van der Waals surface area contributed by atoms with E-state index in [1.54, 1.807) is 6.07 Å². The molecular formula is C11H16BrNO3. The Morgan fingerprint density at radius 2 is 2.19 bits per heavy atom. The van der Waals surface area contributed by atoms with Gasteiger partial charge in [-0.3, -0.25) is 0 Å². The van der Waals surface area contributed by atoms with Crippen molar-refractivity contribution in [3.8, 4) is 11.5 Å². The van der Waals surface area contributed by atoms with Crippen LogP contribution in [0.15, 0.2) is 16.6 Å². The molecule has 0 aliphatic rings. The number of rotatable bonds is 5. The largest absolute Gasteiger partial charge is 0.503 e. The maximum Gasteiger partial charge on any atom is 0.172 e. The minimum absolute atomic E-state index is 0.0403. The summed E-state index contributed by atoms with van der Waals surface area (Å²) in [6.45, 7) is 2.60. The molecule has 1 rings (SSSR count). The molecule has 0 bridgehead atoms. The third-order valence-corrected chi connectivity index (χ3v) is 2.84. The van der Waals surface area contributed by atoms with Gasteiger partial charge in [0.05, 0.1) is 18.2 Å². The third kappa shape index (κ3) is 3.37. The maximum atomic E-state index is 9.61. The summed E-state index contributed by atoms with van der Waals surface area (Å²) >= 11 is 3.25. The lowest BCUT2D eigenvalue weighted by Crippen LogP contribution is -2.28. The van der Waals surface area contributed by atoms with E-state index in [-0.39, 0.29) is 18.4 Å². The van der Waals surface area contributed by atoms with Gasteiger partial charge in [-0.25, -0.2) is 0 Å². The second kappa shape index (κ2) is 6.08. The fourth-order valence-electron chi connectivity index (χ4n) is 1.24. The molecular weight excluding hydrogens is 274 g/mol. The summed E-state index contributed by atoms with van der Waals surface area (Å²) in [5.41, 5.74) is 0.974. The van der Waals surface area contributed by atoms with Crippen molar-refractivity contribution in [1.29, 1.82) is 0 Å². The SMILES string of the molecule is COc1cc(CN[C@H](C)CO)cc(Br)c1O. The molecule has 0 fully saturated rings. The van der Waals surface area contributed by atoms with Gasteiger partial charge in [0.15, 0.2) is 11.5 Å². The Labute approximate surface area is 103 Å². The summed E-state index contributed by atoms with van der Waals surface area (Å²) in [4.78, 5) is 0. The van der Waals surface area contributed by atoms with Crippen LogP contribution in [0, 0.1) is 0 Å². The fourth-order valence-corrected chi connectivity index (χ4v) is 1.73. The molecule has 1 aromatic rings. The van der Waals surface area contributed by atoms with Gasteiger partial charge in [-0.1, -0.05) is 0 Å². The number of nitrogens with one attached hydrogen (secondary N) is 1. The average Bonchev–Trinajstić information content (AvgIpc) is 2.29. The molecule has 0 unspecified atom stereocenters. The van der Waals surface area contributed by atoms with Crippen LogP contribution in [0.2, 0.25) is 0 Å². The number of ether oxygens (including phenoxy) is 1. The zero-order valence-electron chi connectivity index (χ0n) is 9.33. The lowest BCUT2D eigenvalue weighted by molar-refractivity contribution is 0.251. The molecule has 0 radical (unpaired) electrons. The van der Waals surface area contributed by atoms with Gasteiger partial charge in [-0.15, -0.1) is 0 Å². The molecule has 0 aromatic heterocycles. The monoisotopic (exact) mass is 289 g/mol. The first-order valence-corrected chi connectivity index (χ1v) is 5.77. The highest BCUT2D eigenvalue weighted by molar-refractivity contribution is 9.10. The molecule has 0 spiro atoms. The fraction of sp³-hybridized carbons (Fsp3) is 0.455. The minimum atomic E-state index is 0.0403. The van der Waals surface area contributed by atoms with Crippen molar-refractivity contribution in [3.63, 3.8) is 0 Å². The number of methoxy groups -OCH3 is 1. The summed E-state index contributed by atoms with van der Waals surface area (Å²) in [6, 6.07) is 3.62. The van der Waals surface area contributed by atoms with Crippen LogP contribution >= 0.6 is 15.9 Å². The van der Waals surface area contributed by atoms with Gasteiger partial charge in [0.1, 0.15) is 0 Å². The molecule has 0 aliphatic heterocycles. The van der Waals surface area contributed by atoms with Gasteiger partial charge in [0.2, 0.25) is 0 Å². The van der Waals surface area contributed by atoms with Crippen molar-refractivity contribution < 1.29 is 14.9 Å². The normalized spacial score (nSPS) is 12.5. The molecule has 4 nitrogen and oxygen atoms in total. The molecule has 3 N–H and O–H groups in total. The highest BCUT2D eigenvalue weighted by atomic mass is 79.9. The van der Waals surface area contributed by atoms with Gasteiger partial charge in [0.25, 0.3) is 0 Å². The predicted octanol–water partition coefficient (Wildman–Crippen LogP) is 1.63. The van der Waals surface area contributed by atoms with E-state index in [9.17, 15) is 5.11 Å². The Balaban J connectivity index is 2.78. The van der Waals surface area contributed by atoms with E-state index in [4.69, 9.17) is 9.84 Å². The summed E-state index contributed by atoms with van der Waals surface area (Å²) < 4.78 is 5.64. The Hall–Kier alpha value is -0.780. The van der Waals surface area contributed by atoms with E-state index in [2.05, 4.69) is 21.2 Å². The van der Waals surface area contributed by atoms with Crippen LogP contribution in [0.25, 0.3) is 0 Å². The minimum Gasteiger partial charge on any atom is -0.503 e. The number of benzene rings is 1. The number of halogens is 1. The van der Waals surface area contributed by atoms with E-state index < -0.39 is 0 Å². The van der Waals surface area contributed by atoms with Gasteiger partial charge in [0, 0.05) is 12.6 Å². The molecule has 0 saturated heterocycles. The number of aromatic hydroxyl groups is 1. The van der Waals surface area contributed by atoms with Crippen molar-refractivity contribution in [3.05, 3.63) is 22.2 Å². The number of phenolic OH excluding ortho intramolecular Hbond substituents is 1. The lowest BCUT2D eigenvalue weighted by atomic mass is 10.2. The molecule has 5 heteroatoms. The number of phenols is 1. The molecule has 16 heavy (non-hydrogen) atoms. The smallest absolute Gasteiger partial charge is 0.172 e. The second-order valence-electron chi connectivity index (χ2n) is 3.59. The zero-order chi connectivity index (χ0) is 12.1. The van der Waals surface area contributed by atoms with E-state index in [1.165, 1.54) is 7.11 Å². The Morgan fingerprint density at radius 1 is 1.50 bits per heavy atom. The summed E-state index contributed by atoms with van der Waals surface area (Å²) in [5, 5.41) is 21.6. The first-order chi connectivity index (χ1) is 7.58. The van der Waals surface area contributed by atoms with E-state index in [0.29, 0.717) is 16.8 Å². The van der Waals surface area contributed by atoms with Gasteiger partial charge in [-0.05, 0) is 40.5 Å². The highest BCUT2D eigenvalue weighted by Gasteiger charge is 2.09. The number of aliphatic hydroxyl groups excluding tert-OH is 1. The van der Waals surface area contributed by atoms with Gasteiger partial charge in [-0.2, -0.15) is 0 Å². The van der Waals surface area contributed by atoms with Crippen LogP contribution in [-0.4, -0.2) is 30.0 Å². The molecule has 0 heterocycles. The van der Waals surface area contributed by atoms with Crippen molar-refractivity contribution in [2.24, 2.45) is 0 Å². The maximum absolute atomic E-state index is 9.61. The van der Waals surface area contributed by atoms with Crippen molar-refractivity contribution in [1.82, 2.24) is 5.32 Å². The standard InChI is InChI=1S/C11H16BrNO3/c1-7(6-14)13-5-8-3-9(12)11(15)10(4-8)16-2/h3-4,7,13-15H,5-6H2,1-2H3/t7-/m1/s1. The quantitative estimate of drug-likeness (QED) is 0.771. The molecule has 1 atom stereocenters. The van der Waals surface area contributed by atoms with Crippen LogP contribution in [-0.2, 0) is 6.54 Å². The Bertz CT molecular complexity index is 357. The lowest BCUT2D eigenvalue weighted by Gasteiger charge is -2.12. The van der Waals surface area contributed by atoms with Crippen LogP contribution < -0.4 is 10.1 Å². The number of hydrogen-bond acceptors (Lipinski definition) is 4. The molecule has 0 amide bonds. The topological polar surface area (TPSA) is 61.7 Å². The van der Waals surface area contributed by atoms with Gasteiger partial charge >= 0.3 is 0 Å². The van der Waals surface area contributed by atoms with E-state index in [1.807, 2.05) is 13.0 Å². The van der Waals surface area contributed by atoms with E-state index >= 15 is 0 Å². The van der Waals surface area contributed by atoms with Crippen LogP contribution in [0.4, 0.5) is 0 Å². The zero-order valence-corrected chi connectivity index (χ0v) is 10.9. The molecule has 90 valence electrons. The third-order valence-electron chi connectivity index (χ3n) is 2.24. The van der Waals surface area contributed by atoms with E-state index in [0.717, 1.165) is 5.56 Å². The average molecular weight is 290 g/mol. The molecule has 0 aliphatic carbocycles. The van der Waals surface area contributed by atoms with Crippen molar-refractivity contribution in [2.75, 3.05) is 13.7 Å². The van der Waals surface area contributed by atoms with Crippen LogP contribution in [0.1, 0.15) is 12.5 Å². The molecule has 1 aromatic carbocycles. The Morgan fingerprint density at radius 3 is 2.75 bits per heavy atom. The first-order valence-electron chi connectivity index (χ1n) is 4.98. The van der Waals surface area contributed by atoms with Crippen LogP contribution in [0.3, 0.4) is 0 Å². The summed E-state index contributed by atoms with van der Waals surface area (Å²) in [7, 11) is 1.51. The molecule has 0 saturated carbocycles. The van der Waals surface area contributed by atoms with Gasteiger partial charge < -0.3 is 20.3 Å². The second-order valence-corrected chi connectivity index (χ2v) is 4.45. The van der Waals surface area contributed by atoms with Crippen molar-refractivity contribution in [2.45, 2.75) is 19.5 Å². The van der Waals surface area contributed by atoms with Crippen molar-refractivity contribution >= 4 is 15.9 Å². The highest BCUT2D eigenvalue weighted by Crippen LogP contribution is 2.35. The summed E-state index contributed by atoms with van der Waals surface area (Å²) in [6.07, 6.45) is 0. The Kier molecular flexibility index (Phi) is 5.05. The van der Waals surface area contributed by atoms with Crippen LogP contribution in [0.5, 0.6) is 11.5 Å². The summed E-state index contributed by atoms with van der Waals surface area (Å²) in [5.74, 6) is 0.532. The number of hydrogen-bond donors (Lipinski definition) is 3. The first kappa shape index (κ1) is 13.3. The predicted molar refractivity (Wildman–Crippen MR) is 65.7 cm³/mol.